The topological polar surface area (TPSA) is 29.5 Å². The fraction of sp³-hybridized carbons (Fsp3) is 0.333. The standard InChI is InChI=1S/C9H10Cl2O2/c10-8(6-12)9(11)13-7-4-2-1-3-5-7/h1-5,8-9,12H,6H2. The van der Waals surface area contributed by atoms with E-state index in [1.807, 2.05) is 18.2 Å². The monoisotopic (exact) mass is 220 g/mol. The lowest BCUT2D eigenvalue weighted by molar-refractivity contribution is 0.214. The van der Waals surface area contributed by atoms with E-state index in [2.05, 4.69) is 0 Å². The van der Waals surface area contributed by atoms with Crippen molar-refractivity contribution in [1.82, 2.24) is 0 Å². The number of halogens is 2. The third-order valence-electron chi connectivity index (χ3n) is 1.45. The Morgan fingerprint density at radius 3 is 2.38 bits per heavy atom. The second-order valence-electron chi connectivity index (χ2n) is 2.48. The second kappa shape index (κ2) is 5.32. The Balaban J connectivity index is 2.50. The van der Waals surface area contributed by atoms with Crippen LogP contribution in [0.2, 0.25) is 0 Å². The van der Waals surface area contributed by atoms with E-state index in [1.165, 1.54) is 0 Å². The highest BCUT2D eigenvalue weighted by Gasteiger charge is 2.16. The van der Waals surface area contributed by atoms with Crippen molar-refractivity contribution in [3.8, 4) is 5.75 Å². The van der Waals surface area contributed by atoms with Gasteiger partial charge in [0.15, 0.2) is 5.56 Å². The molecule has 2 unspecified atom stereocenters. The molecule has 0 saturated carbocycles. The van der Waals surface area contributed by atoms with E-state index in [4.69, 9.17) is 33.0 Å². The maximum absolute atomic E-state index is 8.69. The number of ether oxygens (including phenoxy) is 1. The van der Waals surface area contributed by atoms with Crippen LogP contribution in [0.1, 0.15) is 0 Å². The maximum Gasteiger partial charge on any atom is 0.190 e. The Bertz CT molecular complexity index is 241. The molecular weight excluding hydrogens is 211 g/mol. The lowest BCUT2D eigenvalue weighted by Gasteiger charge is -2.15. The Hall–Kier alpha value is -0.440. The highest BCUT2D eigenvalue weighted by Crippen LogP contribution is 2.17. The number of alkyl halides is 2. The molecule has 0 aliphatic heterocycles. The minimum absolute atomic E-state index is 0.206. The Morgan fingerprint density at radius 1 is 1.23 bits per heavy atom. The summed E-state index contributed by atoms with van der Waals surface area (Å²) in [5, 5.41) is 8.09. The van der Waals surface area contributed by atoms with Crippen molar-refractivity contribution in [3.63, 3.8) is 0 Å². The normalized spacial score (nSPS) is 15.0. The summed E-state index contributed by atoms with van der Waals surface area (Å²) in [7, 11) is 0. The molecule has 1 aromatic rings. The summed E-state index contributed by atoms with van der Waals surface area (Å²) in [5.74, 6) is 0.640. The van der Waals surface area contributed by atoms with Gasteiger partial charge in [-0.2, -0.15) is 0 Å². The molecule has 0 heterocycles. The van der Waals surface area contributed by atoms with Gasteiger partial charge in [-0.05, 0) is 12.1 Å². The summed E-state index contributed by atoms with van der Waals surface area (Å²) >= 11 is 11.4. The third-order valence-corrected chi connectivity index (χ3v) is 2.34. The van der Waals surface area contributed by atoms with Crippen molar-refractivity contribution in [2.45, 2.75) is 10.9 Å². The molecule has 1 rings (SSSR count). The van der Waals surface area contributed by atoms with Crippen LogP contribution in [-0.4, -0.2) is 22.7 Å². The zero-order valence-corrected chi connectivity index (χ0v) is 8.37. The van der Waals surface area contributed by atoms with Crippen LogP contribution in [0.4, 0.5) is 0 Å². The summed E-state index contributed by atoms with van der Waals surface area (Å²) in [6, 6.07) is 9.09. The number of rotatable bonds is 4. The van der Waals surface area contributed by atoms with Gasteiger partial charge in [0.25, 0.3) is 0 Å². The molecule has 2 nitrogen and oxygen atoms in total. The van der Waals surface area contributed by atoms with Gasteiger partial charge in [-0.3, -0.25) is 0 Å². The number of para-hydroxylation sites is 1. The molecule has 0 aliphatic rings. The fourth-order valence-electron chi connectivity index (χ4n) is 0.786. The molecule has 0 spiro atoms. The number of hydrogen-bond donors (Lipinski definition) is 1. The molecular formula is C9H10Cl2O2. The molecule has 0 saturated heterocycles. The third kappa shape index (κ3) is 3.43. The second-order valence-corrected chi connectivity index (χ2v) is 3.47. The molecule has 0 amide bonds. The van der Waals surface area contributed by atoms with Crippen LogP contribution in [0, 0.1) is 0 Å². The number of aliphatic hydroxyl groups is 1. The molecule has 4 heteroatoms. The van der Waals surface area contributed by atoms with E-state index in [0.29, 0.717) is 5.75 Å². The smallest absolute Gasteiger partial charge is 0.190 e. The number of benzene rings is 1. The SMILES string of the molecule is OCC(Cl)C(Cl)Oc1ccccc1. The Labute approximate surface area is 87.0 Å². The first-order valence-electron chi connectivity index (χ1n) is 3.84. The van der Waals surface area contributed by atoms with Crippen molar-refractivity contribution < 1.29 is 9.84 Å². The van der Waals surface area contributed by atoms with E-state index >= 15 is 0 Å². The molecule has 2 atom stereocenters. The van der Waals surface area contributed by atoms with Crippen molar-refractivity contribution in [1.29, 1.82) is 0 Å². The van der Waals surface area contributed by atoms with Gasteiger partial charge in [-0.1, -0.05) is 29.8 Å². The van der Waals surface area contributed by atoms with Gasteiger partial charge >= 0.3 is 0 Å². The van der Waals surface area contributed by atoms with Crippen LogP contribution >= 0.6 is 23.2 Å². The van der Waals surface area contributed by atoms with E-state index < -0.39 is 10.9 Å². The quantitative estimate of drug-likeness (QED) is 0.790. The molecule has 0 fully saturated rings. The van der Waals surface area contributed by atoms with Crippen LogP contribution < -0.4 is 4.74 Å². The van der Waals surface area contributed by atoms with Gasteiger partial charge in [-0.15, -0.1) is 11.6 Å². The van der Waals surface area contributed by atoms with E-state index in [-0.39, 0.29) is 6.61 Å². The highest BCUT2D eigenvalue weighted by molar-refractivity contribution is 6.29. The van der Waals surface area contributed by atoms with E-state index in [0.717, 1.165) is 0 Å². The first-order valence-corrected chi connectivity index (χ1v) is 4.72. The molecule has 0 radical (unpaired) electrons. The van der Waals surface area contributed by atoms with Gasteiger partial charge < -0.3 is 9.84 Å². The lowest BCUT2D eigenvalue weighted by atomic mass is 10.3. The largest absolute Gasteiger partial charge is 0.473 e. The van der Waals surface area contributed by atoms with Crippen LogP contribution in [0.3, 0.4) is 0 Å². The summed E-state index contributed by atoms with van der Waals surface area (Å²) < 4.78 is 5.24. The maximum atomic E-state index is 8.69. The average molecular weight is 221 g/mol. The van der Waals surface area contributed by atoms with Gasteiger partial charge in [-0.25, -0.2) is 0 Å². The van der Waals surface area contributed by atoms with Crippen LogP contribution in [0.15, 0.2) is 30.3 Å². The Morgan fingerprint density at radius 2 is 1.85 bits per heavy atom. The van der Waals surface area contributed by atoms with Crippen LogP contribution in [0.5, 0.6) is 5.75 Å². The summed E-state index contributed by atoms with van der Waals surface area (Å²) in [6.07, 6.45) is 0. The van der Waals surface area contributed by atoms with Crippen molar-refractivity contribution in [3.05, 3.63) is 30.3 Å². The fourth-order valence-corrected chi connectivity index (χ4v) is 1.02. The van der Waals surface area contributed by atoms with Gasteiger partial charge in [0, 0.05) is 0 Å². The molecule has 72 valence electrons. The van der Waals surface area contributed by atoms with E-state index in [1.54, 1.807) is 12.1 Å². The van der Waals surface area contributed by atoms with Crippen LogP contribution in [-0.2, 0) is 0 Å². The molecule has 0 aromatic heterocycles. The summed E-state index contributed by atoms with van der Waals surface area (Å²) in [6.45, 7) is -0.206. The van der Waals surface area contributed by atoms with Gasteiger partial charge in [0.1, 0.15) is 11.1 Å². The molecule has 1 aromatic carbocycles. The lowest BCUT2D eigenvalue weighted by Crippen LogP contribution is -2.24. The first-order chi connectivity index (χ1) is 6.24. The van der Waals surface area contributed by atoms with Crippen molar-refractivity contribution >= 4 is 23.2 Å². The first kappa shape index (κ1) is 10.6. The average Bonchev–Trinajstić information content (AvgIpc) is 2.18. The predicted molar refractivity (Wildman–Crippen MR) is 53.4 cm³/mol. The molecule has 0 aliphatic carbocycles. The minimum atomic E-state index is -0.714. The highest BCUT2D eigenvalue weighted by atomic mass is 35.5. The van der Waals surface area contributed by atoms with Crippen molar-refractivity contribution in [2.24, 2.45) is 0 Å². The number of aliphatic hydroxyl groups excluding tert-OH is 1. The van der Waals surface area contributed by atoms with Gasteiger partial charge in [0.2, 0.25) is 0 Å². The van der Waals surface area contributed by atoms with E-state index in [9.17, 15) is 0 Å². The number of hydrogen-bond acceptors (Lipinski definition) is 2. The summed E-state index contributed by atoms with van der Waals surface area (Å²) in [5.41, 5.74) is -0.714. The molecule has 13 heavy (non-hydrogen) atoms. The zero-order valence-electron chi connectivity index (χ0n) is 6.86. The predicted octanol–water partition coefficient (Wildman–Crippen LogP) is 2.23. The summed E-state index contributed by atoms with van der Waals surface area (Å²) in [4.78, 5) is 0. The van der Waals surface area contributed by atoms with Crippen LogP contribution in [0.25, 0.3) is 0 Å². The zero-order chi connectivity index (χ0) is 9.68. The minimum Gasteiger partial charge on any atom is -0.473 e. The molecule has 0 bridgehead atoms. The Kier molecular flexibility index (Phi) is 4.36. The molecule has 1 N–H and O–H groups in total. The van der Waals surface area contributed by atoms with Crippen molar-refractivity contribution in [2.75, 3.05) is 6.61 Å². The van der Waals surface area contributed by atoms with Gasteiger partial charge in [0.05, 0.1) is 6.61 Å².